The Morgan fingerprint density at radius 3 is 2.00 bits per heavy atom. The summed E-state index contributed by atoms with van der Waals surface area (Å²) in [5.41, 5.74) is 5.85. The van der Waals surface area contributed by atoms with Gasteiger partial charge in [-0.1, -0.05) is 57.8 Å². The van der Waals surface area contributed by atoms with E-state index in [1.807, 2.05) is 0 Å². The minimum Gasteiger partial charge on any atom is -0.374 e. The molecule has 0 aromatic heterocycles. The van der Waals surface area contributed by atoms with Gasteiger partial charge in [0.25, 0.3) is 5.91 Å². The van der Waals surface area contributed by atoms with Gasteiger partial charge in [0, 0.05) is 51.5 Å². The van der Waals surface area contributed by atoms with Crippen molar-refractivity contribution in [3.05, 3.63) is 11.8 Å². The second-order valence-corrected chi connectivity index (χ2v) is 8.25. The summed E-state index contributed by atoms with van der Waals surface area (Å²) < 4.78 is 0. The molecule has 0 atom stereocenters. The summed E-state index contributed by atoms with van der Waals surface area (Å²) in [5, 5.41) is 12.7. The number of nitrogens with two attached hydrogens (primary N) is 1. The Morgan fingerprint density at radius 2 is 1.50 bits per heavy atom. The van der Waals surface area contributed by atoms with E-state index in [0.29, 0.717) is 6.54 Å². The van der Waals surface area contributed by atoms with Gasteiger partial charge in [0.05, 0.1) is 0 Å². The first-order valence-corrected chi connectivity index (χ1v) is 11.3. The first-order chi connectivity index (χ1) is 13.7. The molecule has 6 nitrogen and oxygen atoms in total. The maximum absolute atomic E-state index is 12.7. The largest absolute Gasteiger partial charge is 0.374 e. The minimum atomic E-state index is -0.205. The number of nitrogens with one attached hydrogen (secondary N) is 1. The van der Waals surface area contributed by atoms with Crippen LogP contribution in [0.3, 0.4) is 0 Å². The van der Waals surface area contributed by atoms with Crippen LogP contribution in [0.2, 0.25) is 0 Å². The number of rotatable bonds is 5. The van der Waals surface area contributed by atoms with Gasteiger partial charge in [-0.3, -0.25) is 9.69 Å². The van der Waals surface area contributed by atoms with Gasteiger partial charge in [-0.2, -0.15) is 5.26 Å². The summed E-state index contributed by atoms with van der Waals surface area (Å²) in [4.78, 5) is 17.1. The molecule has 1 aliphatic heterocycles. The molecule has 1 saturated carbocycles. The summed E-state index contributed by atoms with van der Waals surface area (Å²) in [7, 11) is 0. The van der Waals surface area contributed by atoms with Crippen molar-refractivity contribution in [1.29, 1.82) is 5.26 Å². The van der Waals surface area contributed by atoms with E-state index in [2.05, 4.69) is 21.2 Å². The number of nitriles is 1. The Labute approximate surface area is 171 Å². The Kier molecular flexibility index (Phi) is 11.0. The van der Waals surface area contributed by atoms with Crippen LogP contribution in [0.4, 0.5) is 0 Å². The van der Waals surface area contributed by atoms with E-state index in [4.69, 9.17) is 5.73 Å². The van der Waals surface area contributed by atoms with E-state index >= 15 is 0 Å². The van der Waals surface area contributed by atoms with Crippen LogP contribution in [0.25, 0.3) is 0 Å². The van der Waals surface area contributed by atoms with Gasteiger partial charge in [-0.15, -0.1) is 0 Å². The van der Waals surface area contributed by atoms with Crippen molar-refractivity contribution in [3.63, 3.8) is 0 Å². The van der Waals surface area contributed by atoms with E-state index in [-0.39, 0.29) is 17.5 Å². The van der Waals surface area contributed by atoms with Crippen molar-refractivity contribution < 1.29 is 4.79 Å². The molecule has 2 aliphatic rings. The molecule has 0 unspecified atom stereocenters. The topological polar surface area (TPSA) is 85.4 Å². The molecule has 1 heterocycles. The van der Waals surface area contributed by atoms with Gasteiger partial charge in [0.2, 0.25) is 0 Å². The third kappa shape index (κ3) is 8.62. The Morgan fingerprint density at radius 1 is 0.964 bits per heavy atom. The van der Waals surface area contributed by atoms with Crippen molar-refractivity contribution in [2.24, 2.45) is 5.73 Å². The van der Waals surface area contributed by atoms with Gasteiger partial charge in [-0.25, -0.2) is 0 Å². The van der Waals surface area contributed by atoms with Crippen LogP contribution in [0.1, 0.15) is 70.6 Å². The number of carbonyl (C=O) groups excluding carboxylic acids is 1. The van der Waals surface area contributed by atoms with Gasteiger partial charge in [-0.05, 0) is 12.8 Å². The number of hydrogen-bond acceptors (Lipinski definition) is 5. The van der Waals surface area contributed by atoms with Crippen LogP contribution in [-0.2, 0) is 4.79 Å². The molecule has 28 heavy (non-hydrogen) atoms. The summed E-state index contributed by atoms with van der Waals surface area (Å²) in [6.45, 7) is 5.10. The highest BCUT2D eigenvalue weighted by atomic mass is 16.1. The average Bonchev–Trinajstić information content (AvgIpc) is 2.69. The molecule has 6 heteroatoms. The molecule has 2 rings (SSSR count). The predicted octanol–water partition coefficient (Wildman–Crippen LogP) is 2.76. The molecule has 3 N–H and O–H groups in total. The molecule has 0 bridgehead atoms. The highest BCUT2D eigenvalue weighted by Crippen LogP contribution is 2.17. The van der Waals surface area contributed by atoms with E-state index in [9.17, 15) is 10.1 Å². The molecule has 1 saturated heterocycles. The molecule has 0 spiro atoms. The predicted molar refractivity (Wildman–Crippen MR) is 113 cm³/mol. The third-order valence-corrected chi connectivity index (χ3v) is 5.97. The molecule has 0 aromatic rings. The molecule has 0 aromatic carbocycles. The summed E-state index contributed by atoms with van der Waals surface area (Å²) in [6, 6.07) is 2.32. The van der Waals surface area contributed by atoms with Gasteiger partial charge >= 0.3 is 0 Å². The first-order valence-electron chi connectivity index (χ1n) is 11.3. The third-order valence-electron chi connectivity index (χ3n) is 5.97. The van der Waals surface area contributed by atoms with Gasteiger partial charge in [0.15, 0.2) is 0 Å². The SMILES string of the molecule is N#C/C(=C/N1CCN(CCN)CC1)C(=O)NC1CCCCCCCCCCC1. The fraction of sp³-hybridized carbons (Fsp3) is 0.818. The van der Waals surface area contributed by atoms with Crippen LogP contribution in [0.15, 0.2) is 11.8 Å². The van der Waals surface area contributed by atoms with Crippen LogP contribution in [0.5, 0.6) is 0 Å². The second kappa shape index (κ2) is 13.6. The lowest BCUT2D eigenvalue weighted by Gasteiger charge is -2.33. The maximum atomic E-state index is 12.7. The highest BCUT2D eigenvalue weighted by molar-refractivity contribution is 5.97. The summed E-state index contributed by atoms with van der Waals surface area (Å²) >= 11 is 0. The quantitative estimate of drug-likeness (QED) is 0.558. The lowest BCUT2D eigenvalue weighted by atomic mass is 9.97. The number of hydrogen-bond donors (Lipinski definition) is 2. The lowest BCUT2D eigenvalue weighted by Crippen LogP contribution is -2.46. The number of carbonyl (C=O) groups is 1. The lowest BCUT2D eigenvalue weighted by molar-refractivity contribution is -0.118. The fourth-order valence-electron chi connectivity index (χ4n) is 4.19. The number of piperazine rings is 1. The molecular weight excluding hydrogens is 350 g/mol. The first kappa shape index (κ1) is 22.7. The van der Waals surface area contributed by atoms with Crippen molar-refractivity contribution in [1.82, 2.24) is 15.1 Å². The summed E-state index contributed by atoms with van der Waals surface area (Å²) in [6.07, 6.45) is 15.3. The fourth-order valence-corrected chi connectivity index (χ4v) is 4.19. The molecule has 1 aliphatic carbocycles. The van der Waals surface area contributed by atoms with Crippen molar-refractivity contribution >= 4 is 5.91 Å². The zero-order valence-corrected chi connectivity index (χ0v) is 17.5. The normalized spacial score (nSPS) is 22.0. The Balaban J connectivity index is 1.85. The van der Waals surface area contributed by atoms with Gasteiger partial charge < -0.3 is 16.0 Å². The number of amides is 1. The van der Waals surface area contributed by atoms with Crippen molar-refractivity contribution in [3.8, 4) is 6.07 Å². The van der Waals surface area contributed by atoms with Crippen molar-refractivity contribution in [2.45, 2.75) is 76.7 Å². The van der Waals surface area contributed by atoms with E-state index in [1.54, 1.807) is 6.20 Å². The minimum absolute atomic E-state index is 0.199. The monoisotopic (exact) mass is 389 g/mol. The molecule has 0 radical (unpaired) electrons. The van der Waals surface area contributed by atoms with Crippen LogP contribution in [-0.4, -0.2) is 61.0 Å². The number of nitrogens with zero attached hydrogens (tertiary/aromatic N) is 3. The van der Waals surface area contributed by atoms with E-state index < -0.39 is 0 Å². The Hall–Kier alpha value is -1.58. The smallest absolute Gasteiger partial charge is 0.263 e. The van der Waals surface area contributed by atoms with Gasteiger partial charge in [0.1, 0.15) is 11.6 Å². The standard InChI is InChI=1S/C22H39N5O/c23-12-13-26-14-16-27(17-15-26)19-20(18-24)22(28)25-21-10-8-6-4-2-1-3-5-7-9-11-21/h19,21H,1-17,23H2,(H,25,28)/b20-19-. The Bertz CT molecular complexity index is 508. The van der Waals surface area contributed by atoms with Crippen LogP contribution >= 0.6 is 0 Å². The molecule has 1 amide bonds. The zero-order valence-electron chi connectivity index (χ0n) is 17.5. The average molecular weight is 390 g/mol. The van der Waals surface area contributed by atoms with Crippen LogP contribution < -0.4 is 11.1 Å². The van der Waals surface area contributed by atoms with E-state index in [0.717, 1.165) is 45.6 Å². The van der Waals surface area contributed by atoms with E-state index in [1.165, 1.54) is 57.8 Å². The van der Waals surface area contributed by atoms with Crippen molar-refractivity contribution in [2.75, 3.05) is 39.3 Å². The highest BCUT2D eigenvalue weighted by Gasteiger charge is 2.19. The molecule has 2 fully saturated rings. The second-order valence-electron chi connectivity index (χ2n) is 8.25. The zero-order chi connectivity index (χ0) is 20.0. The summed E-state index contributed by atoms with van der Waals surface area (Å²) in [5.74, 6) is -0.205. The molecule has 158 valence electrons. The van der Waals surface area contributed by atoms with Crippen LogP contribution in [0, 0.1) is 11.3 Å². The maximum Gasteiger partial charge on any atom is 0.263 e. The molecular formula is C22H39N5O.